The Morgan fingerprint density at radius 2 is 1.79 bits per heavy atom. The Bertz CT molecular complexity index is 1160. The standard InChI is InChI=1S/C26H30N4O3/c1-25(2,3)22-15-21-23(31)30(19-11-13-20(33-5)14-12-19)26(4,17-29(21)28-22)24(32)27-16-18-9-7-6-8-10-18/h6-15H,16-17H2,1-5H3,(H,27,32)/t26-/m1/s1. The van der Waals surface area contributed by atoms with E-state index in [-0.39, 0.29) is 23.8 Å². The van der Waals surface area contributed by atoms with Crippen molar-refractivity contribution in [2.24, 2.45) is 0 Å². The summed E-state index contributed by atoms with van der Waals surface area (Å²) in [6.45, 7) is 8.57. The number of benzene rings is 2. The minimum atomic E-state index is -1.17. The molecular weight excluding hydrogens is 416 g/mol. The minimum Gasteiger partial charge on any atom is -0.497 e. The van der Waals surface area contributed by atoms with Crippen LogP contribution in [0.2, 0.25) is 0 Å². The van der Waals surface area contributed by atoms with Crippen molar-refractivity contribution in [3.8, 4) is 5.75 Å². The Hall–Kier alpha value is -3.61. The molecule has 7 heteroatoms. The largest absolute Gasteiger partial charge is 0.497 e. The summed E-state index contributed by atoms with van der Waals surface area (Å²) >= 11 is 0. The smallest absolute Gasteiger partial charge is 0.277 e. The zero-order chi connectivity index (χ0) is 23.8. The Balaban J connectivity index is 1.74. The number of anilines is 1. The number of carbonyl (C=O) groups is 2. The van der Waals surface area contributed by atoms with Crippen LogP contribution in [-0.4, -0.2) is 34.2 Å². The van der Waals surface area contributed by atoms with E-state index in [1.165, 1.54) is 0 Å². The molecule has 2 amide bonds. The molecule has 2 aromatic carbocycles. The molecule has 1 atom stereocenters. The van der Waals surface area contributed by atoms with Crippen molar-refractivity contribution in [1.82, 2.24) is 15.1 Å². The third kappa shape index (κ3) is 4.23. The van der Waals surface area contributed by atoms with E-state index in [0.717, 1.165) is 11.3 Å². The van der Waals surface area contributed by atoms with Gasteiger partial charge in [0.1, 0.15) is 17.0 Å². The van der Waals surface area contributed by atoms with Crippen LogP contribution in [0.25, 0.3) is 0 Å². The maximum Gasteiger partial charge on any atom is 0.277 e. The average molecular weight is 447 g/mol. The van der Waals surface area contributed by atoms with Crippen molar-refractivity contribution < 1.29 is 14.3 Å². The predicted octanol–water partition coefficient (Wildman–Crippen LogP) is 3.92. The van der Waals surface area contributed by atoms with Crippen LogP contribution in [0, 0.1) is 0 Å². The molecule has 0 spiro atoms. The highest BCUT2D eigenvalue weighted by Crippen LogP contribution is 2.35. The van der Waals surface area contributed by atoms with Crippen LogP contribution in [0.3, 0.4) is 0 Å². The zero-order valence-corrected chi connectivity index (χ0v) is 19.8. The lowest BCUT2D eigenvalue weighted by molar-refractivity contribution is -0.126. The van der Waals surface area contributed by atoms with Gasteiger partial charge in [0.25, 0.3) is 5.91 Å². The minimum absolute atomic E-state index is 0.221. The average Bonchev–Trinajstić information content (AvgIpc) is 3.23. The summed E-state index contributed by atoms with van der Waals surface area (Å²) in [5.74, 6) is 0.180. The fraction of sp³-hybridized carbons (Fsp3) is 0.346. The lowest BCUT2D eigenvalue weighted by Gasteiger charge is -2.43. The molecule has 3 aromatic rings. The summed E-state index contributed by atoms with van der Waals surface area (Å²) in [6.07, 6.45) is 0. The molecule has 1 aliphatic rings. The van der Waals surface area contributed by atoms with E-state index in [1.54, 1.807) is 47.9 Å². The number of hydrogen-bond acceptors (Lipinski definition) is 4. The summed E-state index contributed by atoms with van der Waals surface area (Å²) in [6, 6.07) is 18.7. The van der Waals surface area contributed by atoms with Gasteiger partial charge < -0.3 is 10.1 Å². The van der Waals surface area contributed by atoms with Crippen LogP contribution in [0.15, 0.2) is 60.7 Å². The maximum atomic E-state index is 13.8. The molecule has 0 saturated carbocycles. The Labute approximate surface area is 194 Å². The molecule has 1 aliphatic heterocycles. The first-order valence-electron chi connectivity index (χ1n) is 11.0. The van der Waals surface area contributed by atoms with Gasteiger partial charge in [0, 0.05) is 17.6 Å². The molecule has 33 heavy (non-hydrogen) atoms. The van der Waals surface area contributed by atoms with E-state index < -0.39 is 5.54 Å². The van der Waals surface area contributed by atoms with E-state index in [4.69, 9.17) is 9.84 Å². The molecule has 0 aliphatic carbocycles. The molecule has 1 N–H and O–H groups in total. The van der Waals surface area contributed by atoms with Crippen molar-refractivity contribution in [2.45, 2.75) is 51.7 Å². The van der Waals surface area contributed by atoms with Gasteiger partial charge in [0.05, 0.1) is 19.3 Å². The van der Waals surface area contributed by atoms with Crippen LogP contribution < -0.4 is 15.0 Å². The second-order valence-electron chi connectivity index (χ2n) is 9.60. The highest BCUT2D eigenvalue weighted by molar-refractivity contribution is 6.11. The fourth-order valence-electron chi connectivity index (χ4n) is 4.05. The van der Waals surface area contributed by atoms with Crippen molar-refractivity contribution >= 4 is 17.5 Å². The van der Waals surface area contributed by atoms with Crippen LogP contribution in [0.5, 0.6) is 5.75 Å². The van der Waals surface area contributed by atoms with Gasteiger partial charge in [-0.1, -0.05) is 51.1 Å². The van der Waals surface area contributed by atoms with Crippen LogP contribution in [0.4, 0.5) is 5.69 Å². The molecule has 0 fully saturated rings. The van der Waals surface area contributed by atoms with Gasteiger partial charge >= 0.3 is 0 Å². The molecular formula is C26H30N4O3. The van der Waals surface area contributed by atoms with E-state index in [0.29, 0.717) is 23.7 Å². The number of amides is 2. The van der Waals surface area contributed by atoms with Gasteiger partial charge in [0.15, 0.2) is 0 Å². The highest BCUT2D eigenvalue weighted by atomic mass is 16.5. The van der Waals surface area contributed by atoms with Gasteiger partial charge in [-0.3, -0.25) is 19.2 Å². The molecule has 0 bridgehead atoms. The number of nitrogens with zero attached hydrogens (tertiary/aromatic N) is 3. The lowest BCUT2D eigenvalue weighted by Crippen LogP contribution is -2.64. The molecule has 7 nitrogen and oxygen atoms in total. The van der Waals surface area contributed by atoms with Crippen molar-refractivity contribution in [2.75, 3.05) is 12.0 Å². The first-order valence-corrected chi connectivity index (χ1v) is 11.0. The SMILES string of the molecule is COc1ccc(N2C(=O)c3cc(C(C)(C)C)nn3C[C@]2(C)C(=O)NCc2ccccc2)cc1. The van der Waals surface area contributed by atoms with Crippen LogP contribution >= 0.6 is 0 Å². The maximum absolute atomic E-state index is 13.8. The summed E-state index contributed by atoms with van der Waals surface area (Å²) in [5, 5.41) is 7.71. The zero-order valence-electron chi connectivity index (χ0n) is 19.8. The summed E-state index contributed by atoms with van der Waals surface area (Å²) in [4.78, 5) is 28.9. The second kappa shape index (κ2) is 8.39. The summed E-state index contributed by atoms with van der Waals surface area (Å²) in [7, 11) is 1.59. The van der Waals surface area contributed by atoms with Gasteiger partial charge in [-0.15, -0.1) is 0 Å². The van der Waals surface area contributed by atoms with Crippen molar-refractivity contribution in [1.29, 1.82) is 0 Å². The number of aromatic nitrogens is 2. The Kier molecular flexibility index (Phi) is 5.74. The van der Waals surface area contributed by atoms with Crippen molar-refractivity contribution in [3.05, 3.63) is 77.6 Å². The van der Waals surface area contributed by atoms with Crippen LogP contribution in [0.1, 0.15) is 49.4 Å². The summed E-state index contributed by atoms with van der Waals surface area (Å²) < 4.78 is 6.94. The monoisotopic (exact) mass is 446 g/mol. The number of nitrogens with one attached hydrogen (secondary N) is 1. The van der Waals surface area contributed by atoms with Gasteiger partial charge in [-0.25, -0.2) is 0 Å². The third-order valence-electron chi connectivity index (χ3n) is 6.04. The quantitative estimate of drug-likeness (QED) is 0.644. The lowest BCUT2D eigenvalue weighted by atomic mass is 9.91. The summed E-state index contributed by atoms with van der Waals surface area (Å²) in [5.41, 5.74) is 1.51. The number of rotatable bonds is 5. The molecule has 172 valence electrons. The Morgan fingerprint density at radius 3 is 2.39 bits per heavy atom. The van der Waals surface area contributed by atoms with Crippen molar-refractivity contribution in [3.63, 3.8) is 0 Å². The number of fused-ring (bicyclic) bond motifs is 1. The first-order chi connectivity index (χ1) is 15.6. The normalized spacial score (nSPS) is 18.1. The molecule has 2 heterocycles. The highest BCUT2D eigenvalue weighted by Gasteiger charge is 2.49. The topological polar surface area (TPSA) is 76.5 Å². The molecule has 4 rings (SSSR count). The Morgan fingerprint density at radius 1 is 1.12 bits per heavy atom. The van der Waals surface area contributed by atoms with Gasteiger partial charge in [-0.05, 0) is 42.8 Å². The molecule has 0 radical (unpaired) electrons. The third-order valence-corrected chi connectivity index (χ3v) is 6.04. The first kappa shape index (κ1) is 22.6. The number of carbonyl (C=O) groups excluding carboxylic acids is 2. The number of ether oxygens (including phenoxy) is 1. The van der Waals surface area contributed by atoms with E-state index in [1.807, 2.05) is 36.4 Å². The van der Waals surface area contributed by atoms with Gasteiger partial charge in [-0.2, -0.15) is 5.10 Å². The van der Waals surface area contributed by atoms with Gasteiger partial charge in [0.2, 0.25) is 5.91 Å². The molecule has 0 unspecified atom stereocenters. The fourth-order valence-corrected chi connectivity index (χ4v) is 4.05. The van der Waals surface area contributed by atoms with Crippen LogP contribution in [-0.2, 0) is 23.3 Å². The van der Waals surface area contributed by atoms with E-state index in [9.17, 15) is 9.59 Å². The second-order valence-corrected chi connectivity index (χ2v) is 9.60. The molecule has 0 saturated heterocycles. The van der Waals surface area contributed by atoms with E-state index in [2.05, 4.69) is 26.1 Å². The number of hydrogen-bond donors (Lipinski definition) is 1. The number of methoxy groups -OCH3 is 1. The van der Waals surface area contributed by atoms with E-state index >= 15 is 0 Å². The molecule has 1 aromatic heterocycles. The predicted molar refractivity (Wildman–Crippen MR) is 127 cm³/mol.